The van der Waals surface area contributed by atoms with Crippen LogP contribution in [0, 0.1) is 12.8 Å². The zero-order valence-electron chi connectivity index (χ0n) is 31.3. The van der Waals surface area contributed by atoms with Crippen molar-refractivity contribution < 1.29 is 9.53 Å². The van der Waals surface area contributed by atoms with Crippen LogP contribution in [0.3, 0.4) is 0 Å². The monoisotopic (exact) mass is 716 g/mol. The Hall–Kier alpha value is -5.62. The lowest BCUT2D eigenvalue weighted by atomic mass is 9.98. The Morgan fingerprint density at radius 2 is 1.55 bits per heavy atom. The SMILES string of the molecule is CCC.COc1ncc(-c2ccc3cnc(Nc4ccc(N5CC(CN6CCN(c7ccc(NCCC(N)=O)cc7)CC6)C5)cc4)nc3c2)c(C)c1N. The predicted molar refractivity (Wildman–Crippen MR) is 217 cm³/mol. The quantitative estimate of drug-likeness (QED) is 0.115. The van der Waals surface area contributed by atoms with Gasteiger partial charge in [0.25, 0.3) is 0 Å². The van der Waals surface area contributed by atoms with Gasteiger partial charge in [0.05, 0.1) is 18.3 Å². The number of piperazine rings is 1. The van der Waals surface area contributed by atoms with E-state index in [-0.39, 0.29) is 5.91 Å². The maximum absolute atomic E-state index is 11.0. The van der Waals surface area contributed by atoms with Crippen molar-refractivity contribution in [3.05, 3.63) is 84.7 Å². The fraction of sp³-hybridized carbons (Fsp3) is 0.366. The Bertz CT molecular complexity index is 1970. The number of methoxy groups -OCH3 is 1. The summed E-state index contributed by atoms with van der Waals surface area (Å²) in [6.45, 7) is 14.2. The standard InChI is InChI=1S/C38H44N10O2.C3H8/c1-25-33(21-42-37(50-2)36(25)40)27-3-4-28-20-43-38(45-34(28)19-27)44-30-7-11-32(12-8-30)48-23-26(24-48)22-46-15-17-47(18-16-46)31-9-5-29(6-10-31)41-14-13-35(39)49;1-3-2/h3-12,19-21,26,41H,13-18,22-24,40H2,1-2H3,(H2,39,49)(H,43,44,45);3H2,1-2H3. The average molecular weight is 717 g/mol. The lowest BCUT2D eigenvalue weighted by molar-refractivity contribution is -0.117. The molecule has 0 spiro atoms. The van der Waals surface area contributed by atoms with Gasteiger partial charge in [0.2, 0.25) is 17.7 Å². The minimum Gasteiger partial charge on any atom is -0.480 e. The number of rotatable bonds is 12. The number of carbonyl (C=O) groups excluding carboxylic acids is 1. The number of aromatic nitrogens is 3. The summed E-state index contributed by atoms with van der Waals surface area (Å²) in [5, 5.41) is 7.57. The summed E-state index contributed by atoms with van der Waals surface area (Å²) in [5.74, 6) is 1.36. The number of nitrogens with two attached hydrogens (primary N) is 2. The first kappa shape index (κ1) is 37.1. The van der Waals surface area contributed by atoms with Crippen LogP contribution in [0.25, 0.3) is 22.0 Å². The van der Waals surface area contributed by atoms with Gasteiger partial charge in [-0.15, -0.1) is 0 Å². The fourth-order valence-electron chi connectivity index (χ4n) is 6.75. The second-order valence-electron chi connectivity index (χ2n) is 13.8. The molecule has 7 rings (SSSR count). The normalized spacial score (nSPS) is 14.6. The van der Waals surface area contributed by atoms with E-state index in [4.69, 9.17) is 21.2 Å². The van der Waals surface area contributed by atoms with E-state index < -0.39 is 0 Å². The molecular formula is C41H52N10O2. The molecule has 2 saturated heterocycles. The Morgan fingerprint density at radius 3 is 2.21 bits per heavy atom. The second-order valence-corrected chi connectivity index (χ2v) is 13.8. The summed E-state index contributed by atoms with van der Waals surface area (Å²) in [5.41, 5.74) is 20.1. The maximum atomic E-state index is 11.0. The highest BCUT2D eigenvalue weighted by Gasteiger charge is 2.30. The first-order chi connectivity index (χ1) is 25.7. The number of anilines is 6. The van der Waals surface area contributed by atoms with Gasteiger partial charge >= 0.3 is 0 Å². The minimum absolute atomic E-state index is 0.292. The number of nitrogens with one attached hydrogen (secondary N) is 2. The number of fused-ring (bicyclic) bond motifs is 1. The highest BCUT2D eigenvalue weighted by atomic mass is 16.5. The summed E-state index contributed by atoms with van der Waals surface area (Å²) in [7, 11) is 1.57. The van der Waals surface area contributed by atoms with Crippen molar-refractivity contribution in [2.45, 2.75) is 33.6 Å². The van der Waals surface area contributed by atoms with E-state index in [1.807, 2.05) is 31.3 Å². The van der Waals surface area contributed by atoms with Gasteiger partial charge in [-0.2, -0.15) is 0 Å². The number of primary amides is 1. The molecule has 12 nitrogen and oxygen atoms in total. The number of nitrogens with zero attached hydrogens (tertiary/aromatic N) is 6. The zero-order valence-corrected chi connectivity index (χ0v) is 31.3. The zero-order chi connectivity index (χ0) is 37.3. The lowest BCUT2D eigenvalue weighted by Gasteiger charge is -2.45. The number of benzene rings is 3. The molecule has 5 aromatic rings. The molecular weight excluding hydrogens is 665 g/mol. The van der Waals surface area contributed by atoms with Gasteiger partial charge in [-0.1, -0.05) is 32.4 Å². The van der Waals surface area contributed by atoms with Crippen molar-refractivity contribution in [1.29, 1.82) is 0 Å². The Balaban J connectivity index is 0.00000155. The molecule has 2 aromatic heterocycles. The largest absolute Gasteiger partial charge is 0.480 e. The van der Waals surface area contributed by atoms with E-state index in [1.54, 1.807) is 13.3 Å². The highest BCUT2D eigenvalue weighted by molar-refractivity contribution is 5.86. The van der Waals surface area contributed by atoms with Gasteiger partial charge in [0, 0.05) is 111 Å². The third-order valence-electron chi connectivity index (χ3n) is 9.70. The molecule has 53 heavy (non-hydrogen) atoms. The second kappa shape index (κ2) is 17.3. The topological polar surface area (TPSA) is 151 Å². The third-order valence-corrected chi connectivity index (χ3v) is 9.70. The summed E-state index contributed by atoms with van der Waals surface area (Å²) in [6.07, 6.45) is 5.21. The van der Waals surface area contributed by atoms with Crippen LogP contribution >= 0.6 is 0 Å². The van der Waals surface area contributed by atoms with E-state index in [0.717, 1.165) is 84.8 Å². The molecule has 278 valence electrons. The molecule has 3 aromatic carbocycles. The van der Waals surface area contributed by atoms with Crippen molar-refractivity contribution in [3.63, 3.8) is 0 Å². The number of pyridine rings is 1. The summed E-state index contributed by atoms with van der Waals surface area (Å²) >= 11 is 0. The third kappa shape index (κ3) is 9.25. The number of hydrogen-bond donors (Lipinski definition) is 4. The number of carbonyl (C=O) groups is 1. The predicted octanol–water partition coefficient (Wildman–Crippen LogP) is 6.30. The fourth-order valence-corrected chi connectivity index (χ4v) is 6.75. The smallest absolute Gasteiger partial charge is 0.237 e. The maximum Gasteiger partial charge on any atom is 0.237 e. The van der Waals surface area contributed by atoms with Gasteiger partial charge in [-0.3, -0.25) is 9.69 Å². The number of hydrogen-bond acceptors (Lipinski definition) is 11. The lowest BCUT2D eigenvalue weighted by Crippen LogP contribution is -2.55. The van der Waals surface area contributed by atoms with Gasteiger partial charge < -0.3 is 36.6 Å². The molecule has 0 atom stereocenters. The van der Waals surface area contributed by atoms with Crippen LogP contribution in [0.15, 0.2) is 79.1 Å². The van der Waals surface area contributed by atoms with Gasteiger partial charge in [-0.05, 0) is 72.6 Å². The van der Waals surface area contributed by atoms with Gasteiger partial charge in [-0.25, -0.2) is 15.0 Å². The van der Waals surface area contributed by atoms with Crippen LogP contribution in [0.5, 0.6) is 5.88 Å². The van der Waals surface area contributed by atoms with E-state index in [1.165, 1.54) is 17.8 Å². The van der Waals surface area contributed by atoms with Crippen LogP contribution in [-0.2, 0) is 4.79 Å². The van der Waals surface area contributed by atoms with E-state index in [2.05, 4.69) is 97.7 Å². The first-order valence-electron chi connectivity index (χ1n) is 18.5. The molecule has 12 heteroatoms. The molecule has 4 heterocycles. The van der Waals surface area contributed by atoms with Crippen molar-refractivity contribution in [2.75, 3.05) is 85.6 Å². The van der Waals surface area contributed by atoms with E-state index in [0.29, 0.717) is 36.4 Å². The molecule has 0 unspecified atom stereocenters. The van der Waals surface area contributed by atoms with Crippen molar-refractivity contribution in [1.82, 2.24) is 19.9 Å². The van der Waals surface area contributed by atoms with E-state index in [9.17, 15) is 4.79 Å². The van der Waals surface area contributed by atoms with Crippen LogP contribution < -0.4 is 36.6 Å². The van der Waals surface area contributed by atoms with Crippen LogP contribution in [0.1, 0.15) is 32.3 Å². The molecule has 6 N–H and O–H groups in total. The van der Waals surface area contributed by atoms with E-state index >= 15 is 0 Å². The molecule has 2 fully saturated rings. The van der Waals surface area contributed by atoms with Gasteiger partial charge in [0.15, 0.2) is 0 Å². The summed E-state index contributed by atoms with van der Waals surface area (Å²) < 4.78 is 5.27. The van der Waals surface area contributed by atoms with Crippen LogP contribution in [0.4, 0.5) is 34.4 Å². The van der Waals surface area contributed by atoms with Crippen LogP contribution in [-0.4, -0.2) is 85.2 Å². The van der Waals surface area contributed by atoms with Crippen molar-refractivity contribution in [2.24, 2.45) is 11.7 Å². The molecule has 1 amide bonds. The minimum atomic E-state index is -0.292. The van der Waals surface area contributed by atoms with Crippen molar-refractivity contribution >= 4 is 51.2 Å². The Kier molecular flexibility index (Phi) is 12.1. The Labute approximate surface area is 312 Å². The Morgan fingerprint density at radius 1 is 0.887 bits per heavy atom. The van der Waals surface area contributed by atoms with Crippen LogP contribution in [0.2, 0.25) is 0 Å². The summed E-state index contributed by atoms with van der Waals surface area (Å²) in [6, 6.07) is 23.0. The van der Waals surface area contributed by atoms with Gasteiger partial charge in [0.1, 0.15) is 0 Å². The first-order valence-corrected chi connectivity index (χ1v) is 18.5. The number of nitrogen functional groups attached to an aromatic ring is 1. The molecule has 2 aliphatic heterocycles. The molecule has 2 aliphatic rings. The molecule has 0 aliphatic carbocycles. The number of ether oxygens (including phenoxy) is 1. The van der Waals surface area contributed by atoms with Crippen molar-refractivity contribution in [3.8, 4) is 17.0 Å². The summed E-state index contributed by atoms with van der Waals surface area (Å²) in [4.78, 5) is 32.2. The molecule has 0 bridgehead atoms. The molecule has 0 saturated carbocycles. The average Bonchev–Trinajstić information content (AvgIpc) is 3.15. The molecule has 0 radical (unpaired) electrons. The highest BCUT2D eigenvalue weighted by Crippen LogP contribution is 2.33. The number of amides is 1.